The van der Waals surface area contributed by atoms with Gasteiger partial charge in [-0.25, -0.2) is 9.79 Å². The molecule has 1 atom stereocenters. The minimum atomic E-state index is -0.951. The Morgan fingerprint density at radius 2 is 1.66 bits per heavy atom. The summed E-state index contributed by atoms with van der Waals surface area (Å²) >= 11 is 0. The molecule has 3 amide bonds. The minimum Gasteiger partial charge on any atom is -0.295 e. The number of carbonyl (C=O) groups is 3. The van der Waals surface area contributed by atoms with Crippen molar-refractivity contribution < 1.29 is 14.4 Å². The van der Waals surface area contributed by atoms with Crippen LogP contribution in [0, 0.1) is 5.92 Å². The highest BCUT2D eigenvalue weighted by atomic mass is 16.2. The number of carbonyl (C=O) groups excluding carboxylic acids is 3. The Labute approximate surface area is 221 Å². The molecule has 2 aliphatic heterocycles. The third-order valence-electron chi connectivity index (χ3n) is 6.03. The van der Waals surface area contributed by atoms with Crippen molar-refractivity contribution >= 4 is 35.1 Å². The number of urea groups is 1. The molecule has 38 heavy (non-hydrogen) atoms. The average Bonchev–Trinajstić information content (AvgIpc) is 2.95. The maximum atomic E-state index is 13.4. The Kier molecular flexibility index (Phi) is 7.91. The highest BCUT2D eigenvalue weighted by Gasteiger charge is 2.40. The number of amidine groups is 2. The van der Waals surface area contributed by atoms with Gasteiger partial charge in [0.2, 0.25) is 5.91 Å². The fourth-order valence-corrected chi connectivity index (χ4v) is 3.93. The van der Waals surface area contributed by atoms with Gasteiger partial charge >= 0.3 is 6.03 Å². The predicted molar refractivity (Wildman–Crippen MR) is 146 cm³/mol. The summed E-state index contributed by atoms with van der Waals surface area (Å²) in [5, 5.41) is 8.95. The zero-order chi connectivity index (χ0) is 27.2. The average molecular weight is 512 g/mol. The highest BCUT2D eigenvalue weighted by Crippen LogP contribution is 2.23. The maximum Gasteiger partial charge on any atom is 0.331 e. The van der Waals surface area contributed by atoms with Gasteiger partial charge in [0.25, 0.3) is 0 Å². The highest BCUT2D eigenvalue weighted by molar-refractivity contribution is 6.21. The predicted octanol–water partition coefficient (Wildman–Crippen LogP) is 3.25. The molecule has 10 nitrogen and oxygen atoms in total. The molecule has 2 aromatic carbocycles. The molecular formula is C28H29N7O3. The zero-order valence-electron chi connectivity index (χ0n) is 21.7. The molecule has 2 aromatic rings. The number of ketones is 1. The number of benzene rings is 2. The number of rotatable bonds is 7. The van der Waals surface area contributed by atoms with Crippen LogP contribution in [0.5, 0.6) is 0 Å². The van der Waals surface area contributed by atoms with E-state index in [9.17, 15) is 14.4 Å². The lowest BCUT2D eigenvalue weighted by Gasteiger charge is -2.34. The number of aliphatic imine (C=N–C) groups is 1. The summed E-state index contributed by atoms with van der Waals surface area (Å²) < 4.78 is 0. The summed E-state index contributed by atoms with van der Waals surface area (Å²) in [7, 11) is 2.97. The number of hydrogen-bond acceptors (Lipinski definition) is 8. The summed E-state index contributed by atoms with van der Waals surface area (Å²) in [6, 6.07) is 18.5. The smallest absolute Gasteiger partial charge is 0.295 e. The Morgan fingerprint density at radius 1 is 1.03 bits per heavy atom. The van der Waals surface area contributed by atoms with Gasteiger partial charge in [0.05, 0.1) is 5.70 Å². The molecule has 4 rings (SSSR count). The van der Waals surface area contributed by atoms with E-state index in [0.717, 1.165) is 16.0 Å². The fraction of sp³-hybridized carbons (Fsp3) is 0.214. The maximum absolute atomic E-state index is 13.4. The van der Waals surface area contributed by atoms with Gasteiger partial charge in [-0.1, -0.05) is 67.6 Å². The summed E-state index contributed by atoms with van der Waals surface area (Å²) in [6.07, 6.45) is 3.44. The van der Waals surface area contributed by atoms with Crippen LogP contribution in [0.1, 0.15) is 31.4 Å². The van der Waals surface area contributed by atoms with Crippen molar-refractivity contribution in [3.05, 3.63) is 95.3 Å². The van der Waals surface area contributed by atoms with Crippen LogP contribution >= 0.6 is 0 Å². The van der Waals surface area contributed by atoms with E-state index in [4.69, 9.17) is 4.99 Å². The van der Waals surface area contributed by atoms with E-state index in [-0.39, 0.29) is 11.6 Å². The molecule has 2 aliphatic rings. The lowest BCUT2D eigenvalue weighted by Crippen LogP contribution is -2.57. The topological polar surface area (TPSA) is 119 Å². The second-order valence-corrected chi connectivity index (χ2v) is 8.76. The molecular weight excluding hydrogens is 482 g/mol. The second kappa shape index (κ2) is 11.5. The molecule has 0 saturated carbocycles. The van der Waals surface area contributed by atoms with E-state index in [0.29, 0.717) is 29.4 Å². The molecule has 10 heteroatoms. The molecule has 2 N–H and O–H groups in total. The number of allylic oxidation sites excluding steroid dienone is 3. The molecule has 2 heterocycles. The van der Waals surface area contributed by atoms with Gasteiger partial charge in [-0.15, -0.1) is 0 Å². The van der Waals surface area contributed by atoms with Crippen molar-refractivity contribution in [2.24, 2.45) is 21.1 Å². The standard InChI is InChI=1S/C28H29N7O3/c1-5-21(36)16-18(2)30-33-26-22(27(37)35(4)28(38)34(26)3)17-23-24(19-12-8-6-9-13-19)31-32-25(29-23)20-14-10-7-11-15-20/h6-17,22,30H,5H2,1-4H3,(H,29,32)/b18-16+,23-17-,33-26+. The van der Waals surface area contributed by atoms with Gasteiger partial charge in [0, 0.05) is 43.4 Å². The first-order chi connectivity index (χ1) is 18.3. The molecule has 194 valence electrons. The van der Waals surface area contributed by atoms with Crippen LogP contribution in [-0.2, 0) is 9.59 Å². The number of nitrogens with zero attached hydrogens (tertiary/aromatic N) is 5. The van der Waals surface area contributed by atoms with Crippen LogP contribution < -0.4 is 10.9 Å². The molecule has 0 aromatic heterocycles. The number of imide groups is 1. The first-order valence-corrected chi connectivity index (χ1v) is 12.2. The van der Waals surface area contributed by atoms with E-state index < -0.39 is 17.9 Å². The van der Waals surface area contributed by atoms with Gasteiger partial charge in [-0.2, -0.15) is 10.2 Å². The molecule has 0 radical (unpaired) electrons. The normalized spacial score (nSPS) is 20.3. The largest absolute Gasteiger partial charge is 0.331 e. The first kappa shape index (κ1) is 26.2. The van der Waals surface area contributed by atoms with Gasteiger partial charge in [-0.3, -0.25) is 30.2 Å². The van der Waals surface area contributed by atoms with Gasteiger partial charge in [-0.05, 0) is 13.0 Å². The van der Waals surface area contributed by atoms with E-state index in [1.807, 2.05) is 60.7 Å². The number of hydrogen-bond donors (Lipinski definition) is 2. The quantitative estimate of drug-likeness (QED) is 0.437. The van der Waals surface area contributed by atoms with E-state index >= 15 is 0 Å². The van der Waals surface area contributed by atoms with Crippen LogP contribution in [-0.4, -0.2) is 59.0 Å². The van der Waals surface area contributed by atoms with Crippen molar-refractivity contribution in [3.8, 4) is 0 Å². The second-order valence-electron chi connectivity index (χ2n) is 8.76. The van der Waals surface area contributed by atoms with E-state index in [2.05, 4.69) is 21.1 Å². The third kappa shape index (κ3) is 5.59. The molecule has 1 fully saturated rings. The van der Waals surface area contributed by atoms with Crippen LogP contribution in [0.4, 0.5) is 4.79 Å². The molecule has 0 aliphatic carbocycles. The SMILES string of the molecule is CCC(=O)/C=C(\C)N/N=C1\C(/C=C2\N=C(c3ccccc3)NN=C2c2ccccc2)C(=O)N(C)C(=O)N1C. The van der Waals surface area contributed by atoms with Gasteiger partial charge in [0.1, 0.15) is 17.5 Å². The Morgan fingerprint density at radius 3 is 2.29 bits per heavy atom. The number of nitrogens with one attached hydrogen (secondary N) is 2. The van der Waals surface area contributed by atoms with Crippen LogP contribution in [0.2, 0.25) is 0 Å². The van der Waals surface area contributed by atoms with Crippen molar-refractivity contribution in [1.29, 1.82) is 0 Å². The van der Waals surface area contributed by atoms with Crippen LogP contribution in [0.3, 0.4) is 0 Å². The monoisotopic (exact) mass is 511 g/mol. The van der Waals surface area contributed by atoms with Crippen LogP contribution in [0.25, 0.3) is 0 Å². The van der Waals surface area contributed by atoms with Crippen molar-refractivity contribution in [3.63, 3.8) is 0 Å². The molecule has 0 spiro atoms. The third-order valence-corrected chi connectivity index (χ3v) is 6.03. The lowest BCUT2D eigenvalue weighted by molar-refractivity contribution is -0.129. The molecule has 1 saturated heterocycles. The van der Waals surface area contributed by atoms with Crippen molar-refractivity contribution in [1.82, 2.24) is 20.7 Å². The van der Waals surface area contributed by atoms with Crippen molar-refractivity contribution in [2.45, 2.75) is 20.3 Å². The van der Waals surface area contributed by atoms with E-state index in [1.165, 1.54) is 18.0 Å². The lowest BCUT2D eigenvalue weighted by atomic mass is 9.98. The van der Waals surface area contributed by atoms with Crippen molar-refractivity contribution in [2.75, 3.05) is 14.1 Å². The van der Waals surface area contributed by atoms with Gasteiger partial charge in [0.15, 0.2) is 11.6 Å². The summed E-state index contributed by atoms with van der Waals surface area (Å²) in [4.78, 5) is 45.1. The number of amides is 3. The first-order valence-electron chi connectivity index (χ1n) is 12.2. The van der Waals surface area contributed by atoms with E-state index in [1.54, 1.807) is 27.0 Å². The number of hydrazone groups is 2. The Hall–Kier alpha value is -4.86. The Balaban J connectivity index is 1.81. The minimum absolute atomic E-state index is 0.0704. The zero-order valence-corrected chi connectivity index (χ0v) is 21.7. The summed E-state index contributed by atoms with van der Waals surface area (Å²) in [5.41, 5.74) is 8.92. The summed E-state index contributed by atoms with van der Waals surface area (Å²) in [6.45, 7) is 3.45. The Bertz CT molecular complexity index is 1390. The fourth-order valence-electron chi connectivity index (χ4n) is 3.93. The molecule has 1 unspecified atom stereocenters. The van der Waals surface area contributed by atoms with Crippen LogP contribution in [0.15, 0.2) is 99.4 Å². The van der Waals surface area contributed by atoms with Gasteiger partial charge < -0.3 is 0 Å². The molecule has 0 bridgehead atoms. The summed E-state index contributed by atoms with van der Waals surface area (Å²) in [5.74, 6) is -0.794.